The molecule has 0 saturated heterocycles. The molecule has 0 aliphatic rings. The molecule has 0 N–H and O–H groups in total. The fourth-order valence-corrected chi connectivity index (χ4v) is 6.86. The van der Waals surface area contributed by atoms with Crippen molar-refractivity contribution in [3.05, 3.63) is 77.9 Å². The van der Waals surface area contributed by atoms with E-state index in [9.17, 15) is 0 Å². The van der Waals surface area contributed by atoms with Gasteiger partial charge in [0, 0.05) is 0 Å². The van der Waals surface area contributed by atoms with Crippen LogP contribution in [0.2, 0.25) is 19.1 Å². The SMILES string of the molecule is C=C(c1ccccc1)c1ccc(CCC[Si](C)(C)N(CCCC)CCCC)cc1. The zero-order valence-electron chi connectivity index (χ0n) is 19.2. The van der Waals surface area contributed by atoms with E-state index in [0.717, 1.165) is 5.57 Å². The van der Waals surface area contributed by atoms with Gasteiger partial charge in [-0.3, -0.25) is 0 Å². The molecule has 158 valence electrons. The molecule has 0 unspecified atom stereocenters. The van der Waals surface area contributed by atoms with Gasteiger partial charge in [-0.1, -0.05) is 107 Å². The molecule has 0 aliphatic heterocycles. The first-order valence-electron chi connectivity index (χ1n) is 11.6. The minimum Gasteiger partial charge on any atom is -0.324 e. The molecule has 0 aromatic heterocycles. The zero-order chi connectivity index (χ0) is 21.1. The van der Waals surface area contributed by atoms with Crippen LogP contribution in [0, 0.1) is 0 Å². The second kappa shape index (κ2) is 12.1. The molecule has 0 heterocycles. The molecule has 2 aromatic rings. The van der Waals surface area contributed by atoms with Crippen LogP contribution < -0.4 is 0 Å². The van der Waals surface area contributed by atoms with E-state index < -0.39 is 8.24 Å². The average molecular weight is 408 g/mol. The number of hydrogen-bond donors (Lipinski definition) is 0. The van der Waals surface area contributed by atoms with Gasteiger partial charge < -0.3 is 4.57 Å². The van der Waals surface area contributed by atoms with Crippen LogP contribution >= 0.6 is 0 Å². The number of hydrogen-bond acceptors (Lipinski definition) is 1. The highest BCUT2D eigenvalue weighted by molar-refractivity contribution is 6.74. The van der Waals surface area contributed by atoms with E-state index in [1.165, 1.54) is 74.3 Å². The number of unbranched alkanes of at least 4 members (excludes halogenated alkanes) is 2. The largest absolute Gasteiger partial charge is 0.324 e. The van der Waals surface area contributed by atoms with Crippen molar-refractivity contribution in [2.75, 3.05) is 13.1 Å². The summed E-state index contributed by atoms with van der Waals surface area (Å²) >= 11 is 0. The molecule has 0 spiro atoms. The molecule has 0 atom stereocenters. The lowest BCUT2D eigenvalue weighted by atomic mass is 9.98. The molecule has 0 saturated carbocycles. The van der Waals surface area contributed by atoms with E-state index in [1.54, 1.807) is 0 Å². The van der Waals surface area contributed by atoms with E-state index >= 15 is 0 Å². The molecule has 2 rings (SSSR count). The van der Waals surface area contributed by atoms with Crippen LogP contribution in [-0.4, -0.2) is 25.9 Å². The second-order valence-corrected chi connectivity index (χ2v) is 13.7. The van der Waals surface area contributed by atoms with Gasteiger partial charge in [-0.15, -0.1) is 0 Å². The number of rotatable bonds is 13. The molecule has 2 heteroatoms. The Hall–Kier alpha value is -1.64. The standard InChI is InChI=1S/C27H41NSi/c1-6-8-21-28(22-9-7-2)29(4,5)23-13-14-25-17-19-27(20-18-25)24(3)26-15-11-10-12-16-26/h10-12,15-20H,3,6-9,13-14,21-23H2,1-2,4-5H3. The second-order valence-electron chi connectivity index (χ2n) is 8.90. The molecule has 0 radical (unpaired) electrons. The summed E-state index contributed by atoms with van der Waals surface area (Å²) in [6, 6.07) is 20.9. The lowest BCUT2D eigenvalue weighted by molar-refractivity contribution is 0.397. The highest BCUT2D eigenvalue weighted by atomic mass is 28.3. The average Bonchev–Trinajstić information content (AvgIpc) is 2.74. The van der Waals surface area contributed by atoms with Crippen molar-refractivity contribution in [3.8, 4) is 0 Å². The molecule has 0 amide bonds. The summed E-state index contributed by atoms with van der Waals surface area (Å²) in [7, 11) is -1.31. The molecule has 0 fully saturated rings. The van der Waals surface area contributed by atoms with E-state index in [2.05, 4.69) is 92.7 Å². The van der Waals surface area contributed by atoms with Gasteiger partial charge in [-0.2, -0.15) is 0 Å². The molecule has 2 aromatic carbocycles. The highest BCUT2D eigenvalue weighted by Crippen LogP contribution is 2.24. The summed E-state index contributed by atoms with van der Waals surface area (Å²) in [4.78, 5) is 0. The van der Waals surface area contributed by atoms with Crippen LogP contribution in [-0.2, 0) is 6.42 Å². The molecule has 29 heavy (non-hydrogen) atoms. The Morgan fingerprint density at radius 2 is 1.34 bits per heavy atom. The van der Waals surface area contributed by atoms with Gasteiger partial charge in [0.2, 0.25) is 0 Å². The predicted octanol–water partition coefficient (Wildman–Crippen LogP) is 7.79. The van der Waals surface area contributed by atoms with Crippen LogP contribution in [0.25, 0.3) is 5.57 Å². The first-order valence-corrected chi connectivity index (χ1v) is 14.7. The molecular weight excluding hydrogens is 366 g/mol. The van der Waals surface area contributed by atoms with Gasteiger partial charge >= 0.3 is 0 Å². The normalized spacial score (nSPS) is 11.8. The lowest BCUT2D eigenvalue weighted by Crippen LogP contribution is -2.49. The van der Waals surface area contributed by atoms with Crippen LogP contribution in [0.4, 0.5) is 0 Å². The van der Waals surface area contributed by atoms with Gasteiger partial charge in [0.05, 0.1) is 0 Å². The van der Waals surface area contributed by atoms with Gasteiger partial charge in [-0.05, 0) is 60.7 Å². The Balaban J connectivity index is 1.89. The molecule has 0 aliphatic carbocycles. The van der Waals surface area contributed by atoms with Gasteiger partial charge in [0.1, 0.15) is 8.24 Å². The topological polar surface area (TPSA) is 3.24 Å². The van der Waals surface area contributed by atoms with E-state index in [4.69, 9.17) is 0 Å². The van der Waals surface area contributed by atoms with Crippen molar-refractivity contribution in [1.29, 1.82) is 0 Å². The van der Waals surface area contributed by atoms with Crippen molar-refractivity contribution in [1.82, 2.24) is 4.57 Å². The van der Waals surface area contributed by atoms with Crippen molar-refractivity contribution in [2.24, 2.45) is 0 Å². The third kappa shape index (κ3) is 7.60. The van der Waals surface area contributed by atoms with Crippen LogP contribution in [0.1, 0.15) is 62.6 Å². The van der Waals surface area contributed by atoms with Crippen LogP contribution in [0.15, 0.2) is 61.2 Å². The summed E-state index contributed by atoms with van der Waals surface area (Å²) in [5.74, 6) is 0. The summed E-state index contributed by atoms with van der Waals surface area (Å²) in [6.07, 6.45) is 7.76. The maximum Gasteiger partial charge on any atom is 0.122 e. The summed E-state index contributed by atoms with van der Waals surface area (Å²) in [5.41, 5.74) is 4.98. The van der Waals surface area contributed by atoms with Crippen molar-refractivity contribution in [2.45, 2.75) is 71.5 Å². The summed E-state index contributed by atoms with van der Waals surface area (Å²) in [6.45, 7) is 16.6. The number of aryl methyl sites for hydroxylation is 1. The predicted molar refractivity (Wildman–Crippen MR) is 133 cm³/mol. The summed E-state index contributed by atoms with van der Waals surface area (Å²) in [5, 5.41) is 0. The monoisotopic (exact) mass is 407 g/mol. The number of benzene rings is 2. The van der Waals surface area contributed by atoms with Gasteiger partial charge in [0.15, 0.2) is 0 Å². The quantitative estimate of drug-likeness (QED) is 0.306. The zero-order valence-corrected chi connectivity index (χ0v) is 20.2. The van der Waals surface area contributed by atoms with Crippen LogP contribution in [0.5, 0.6) is 0 Å². The smallest absolute Gasteiger partial charge is 0.122 e. The Kier molecular flexibility index (Phi) is 9.90. The lowest BCUT2D eigenvalue weighted by Gasteiger charge is -2.37. The van der Waals surface area contributed by atoms with Crippen molar-refractivity contribution >= 4 is 13.8 Å². The Labute approximate surface area is 180 Å². The first-order chi connectivity index (χ1) is 14.0. The van der Waals surface area contributed by atoms with Crippen molar-refractivity contribution in [3.63, 3.8) is 0 Å². The molecule has 1 nitrogen and oxygen atoms in total. The van der Waals surface area contributed by atoms with E-state index in [1.807, 2.05) is 0 Å². The maximum atomic E-state index is 4.29. The molecular formula is C27H41NSi. The highest BCUT2D eigenvalue weighted by Gasteiger charge is 2.27. The van der Waals surface area contributed by atoms with Crippen LogP contribution in [0.3, 0.4) is 0 Å². The third-order valence-electron chi connectivity index (χ3n) is 6.10. The minimum atomic E-state index is -1.31. The molecule has 0 bridgehead atoms. The Morgan fingerprint density at radius 3 is 1.90 bits per heavy atom. The Morgan fingerprint density at radius 1 is 0.793 bits per heavy atom. The maximum absolute atomic E-state index is 4.29. The fraction of sp³-hybridized carbons (Fsp3) is 0.481. The number of nitrogens with zero attached hydrogens (tertiary/aromatic N) is 1. The van der Waals surface area contributed by atoms with Gasteiger partial charge in [0.25, 0.3) is 0 Å². The van der Waals surface area contributed by atoms with E-state index in [0.29, 0.717) is 0 Å². The minimum absolute atomic E-state index is 1.10. The van der Waals surface area contributed by atoms with E-state index in [-0.39, 0.29) is 0 Å². The first kappa shape index (κ1) is 23.6. The summed E-state index contributed by atoms with van der Waals surface area (Å²) < 4.78 is 2.87. The van der Waals surface area contributed by atoms with Crippen molar-refractivity contribution < 1.29 is 0 Å². The Bertz CT molecular complexity index is 710. The third-order valence-corrected chi connectivity index (χ3v) is 9.83. The fourth-order valence-electron chi connectivity index (χ4n) is 3.98. The van der Waals surface area contributed by atoms with Gasteiger partial charge in [-0.25, -0.2) is 0 Å².